The molecule has 0 saturated heterocycles. The Kier molecular flexibility index (Phi) is 4.03. The van der Waals surface area contributed by atoms with Crippen LogP contribution in [0.1, 0.15) is 19.0 Å². The van der Waals surface area contributed by atoms with E-state index in [1.165, 1.54) is 0 Å². The number of hydrogen-bond acceptors (Lipinski definition) is 5. The Morgan fingerprint density at radius 2 is 2.17 bits per heavy atom. The monoisotopic (exact) mass is 359 g/mol. The minimum Gasteiger partial charge on any atom is -0.370 e. The van der Waals surface area contributed by atoms with Gasteiger partial charge in [-0.05, 0) is 47.0 Å². The molecule has 7 heteroatoms. The summed E-state index contributed by atoms with van der Waals surface area (Å²) in [6.07, 6.45) is 1.18. The third-order valence-corrected chi connectivity index (χ3v) is 5.66. The smallest absolute Gasteiger partial charge is 0.272 e. The number of nitrogens with one attached hydrogen (secondary N) is 3. The Bertz CT molecular complexity index is 850. The van der Waals surface area contributed by atoms with E-state index in [0.717, 1.165) is 27.4 Å². The fraction of sp³-hybridized carbons (Fsp3) is 0.176. The predicted molar refractivity (Wildman–Crippen MR) is 101 cm³/mol. The predicted octanol–water partition coefficient (Wildman–Crippen LogP) is 3.48. The lowest BCUT2D eigenvalue weighted by Gasteiger charge is -2.18. The van der Waals surface area contributed by atoms with Gasteiger partial charge < -0.3 is 16.0 Å². The van der Waals surface area contributed by atoms with Crippen molar-refractivity contribution < 1.29 is 11.0 Å². The highest BCUT2D eigenvalue weighted by Crippen LogP contribution is 2.35. The van der Waals surface area contributed by atoms with Crippen LogP contribution in [0, 0.1) is 0 Å². The minimum atomic E-state index is -0.138. The molecule has 124 valence electrons. The van der Waals surface area contributed by atoms with Crippen LogP contribution in [-0.2, 0) is 16.0 Å². The van der Waals surface area contributed by atoms with Crippen LogP contribution >= 0.6 is 23.1 Å². The first-order valence-electron chi connectivity index (χ1n) is 7.58. The third-order valence-electron chi connectivity index (χ3n) is 3.96. The Morgan fingerprint density at radius 1 is 1.25 bits per heavy atom. The molecule has 1 aromatic carbocycles. The maximum absolute atomic E-state index is 12.6. The van der Waals surface area contributed by atoms with Crippen LogP contribution in [0.25, 0.3) is 4.91 Å². The molecule has 0 atom stereocenters. The first-order valence-corrected chi connectivity index (χ1v) is 9.51. The van der Waals surface area contributed by atoms with Crippen molar-refractivity contribution >= 4 is 51.2 Å². The number of thiophene rings is 1. The minimum absolute atomic E-state index is 0. The molecule has 0 unspecified atom stereocenters. The van der Waals surface area contributed by atoms with Gasteiger partial charge in [0, 0.05) is 29.7 Å². The number of fused-ring (bicyclic) bond motifs is 1. The third kappa shape index (κ3) is 2.92. The maximum Gasteiger partial charge on any atom is 0.272 e. The number of aryl methyl sites for hydroxylation is 1. The van der Waals surface area contributed by atoms with Crippen LogP contribution in [0.2, 0.25) is 0 Å². The fourth-order valence-corrected chi connectivity index (χ4v) is 4.48. The molecular formula is C17H17N3O2S2. The molecule has 4 rings (SSSR count). The van der Waals surface area contributed by atoms with Gasteiger partial charge in [-0.3, -0.25) is 9.59 Å². The molecule has 1 aromatic heterocycles. The topological polar surface area (TPSA) is 70.2 Å². The van der Waals surface area contributed by atoms with Gasteiger partial charge in [-0.2, -0.15) is 11.3 Å². The van der Waals surface area contributed by atoms with E-state index in [1.54, 1.807) is 23.1 Å². The molecule has 5 nitrogen and oxygen atoms in total. The summed E-state index contributed by atoms with van der Waals surface area (Å²) in [6.45, 7) is 0. The fourth-order valence-electron chi connectivity index (χ4n) is 2.79. The summed E-state index contributed by atoms with van der Waals surface area (Å²) in [5, 5.41) is 13.0. The molecule has 2 amide bonds. The van der Waals surface area contributed by atoms with Crippen LogP contribution in [-0.4, -0.2) is 17.7 Å². The van der Waals surface area contributed by atoms with Gasteiger partial charge in [0.05, 0.1) is 5.88 Å². The number of amides is 2. The van der Waals surface area contributed by atoms with Gasteiger partial charge in [-0.1, -0.05) is 0 Å². The van der Waals surface area contributed by atoms with Gasteiger partial charge in [-0.25, -0.2) is 0 Å². The van der Waals surface area contributed by atoms with E-state index in [9.17, 15) is 9.59 Å². The van der Waals surface area contributed by atoms with Crippen LogP contribution in [0.3, 0.4) is 0 Å². The van der Waals surface area contributed by atoms with E-state index in [-0.39, 0.29) is 13.2 Å². The standard InChI is InChI=1S/C17H15N3O2S2.H2/c21-14-4-1-10-7-12(2-3-13(10)20-14)19-17(22)15-16(24-9-18-15)11-5-6-23-8-11;/h2-3,5-8,18H,1,4,9H2,(H,19,22)(H,20,21);1H. The second-order valence-electron chi connectivity index (χ2n) is 5.56. The van der Waals surface area contributed by atoms with Crippen molar-refractivity contribution in [1.29, 1.82) is 0 Å². The zero-order chi connectivity index (χ0) is 16.5. The first-order chi connectivity index (χ1) is 11.7. The van der Waals surface area contributed by atoms with Crippen molar-refractivity contribution in [2.75, 3.05) is 16.5 Å². The summed E-state index contributed by atoms with van der Waals surface area (Å²) >= 11 is 3.26. The number of carbonyl (C=O) groups excluding carboxylic acids is 2. The van der Waals surface area contributed by atoms with Crippen LogP contribution in [0.4, 0.5) is 11.4 Å². The lowest BCUT2D eigenvalue weighted by molar-refractivity contribution is -0.116. The highest BCUT2D eigenvalue weighted by atomic mass is 32.2. The van der Waals surface area contributed by atoms with Gasteiger partial charge in [0.2, 0.25) is 5.91 Å². The van der Waals surface area contributed by atoms with Gasteiger partial charge in [0.15, 0.2) is 0 Å². The summed E-state index contributed by atoms with van der Waals surface area (Å²) in [6, 6.07) is 7.61. The first kappa shape index (κ1) is 15.3. The molecule has 0 aliphatic carbocycles. The summed E-state index contributed by atoms with van der Waals surface area (Å²) in [4.78, 5) is 25.0. The molecule has 0 fully saturated rings. The zero-order valence-electron chi connectivity index (χ0n) is 12.7. The average Bonchev–Trinajstić information content (AvgIpc) is 3.25. The maximum atomic E-state index is 12.6. The second kappa shape index (κ2) is 6.33. The Labute approximate surface area is 149 Å². The van der Waals surface area contributed by atoms with E-state index in [0.29, 0.717) is 24.4 Å². The summed E-state index contributed by atoms with van der Waals surface area (Å²) in [7, 11) is 0. The number of benzene rings is 1. The van der Waals surface area contributed by atoms with Crippen molar-refractivity contribution in [2.24, 2.45) is 0 Å². The molecular weight excluding hydrogens is 342 g/mol. The number of thioether (sulfide) groups is 1. The van der Waals surface area contributed by atoms with Crippen molar-refractivity contribution in [3.05, 3.63) is 51.8 Å². The van der Waals surface area contributed by atoms with E-state index >= 15 is 0 Å². The van der Waals surface area contributed by atoms with E-state index in [1.807, 2.05) is 35.0 Å². The number of hydrogen-bond donors (Lipinski definition) is 3. The van der Waals surface area contributed by atoms with E-state index in [2.05, 4.69) is 16.0 Å². The molecule has 2 aliphatic rings. The lowest BCUT2D eigenvalue weighted by Crippen LogP contribution is -2.23. The van der Waals surface area contributed by atoms with Crippen molar-refractivity contribution in [1.82, 2.24) is 5.32 Å². The average molecular weight is 359 g/mol. The summed E-state index contributed by atoms with van der Waals surface area (Å²) in [5.74, 6) is 0.600. The largest absolute Gasteiger partial charge is 0.370 e. The summed E-state index contributed by atoms with van der Waals surface area (Å²) < 4.78 is 0. The van der Waals surface area contributed by atoms with Crippen molar-refractivity contribution in [3.8, 4) is 0 Å². The molecule has 2 aliphatic heterocycles. The second-order valence-corrected chi connectivity index (χ2v) is 7.32. The van der Waals surface area contributed by atoms with Crippen LogP contribution in [0.5, 0.6) is 0 Å². The van der Waals surface area contributed by atoms with Gasteiger partial charge in [-0.15, -0.1) is 11.8 Å². The molecule has 0 bridgehead atoms. The highest BCUT2D eigenvalue weighted by molar-refractivity contribution is 8.08. The highest BCUT2D eigenvalue weighted by Gasteiger charge is 2.23. The van der Waals surface area contributed by atoms with Crippen LogP contribution in [0.15, 0.2) is 40.7 Å². The Morgan fingerprint density at radius 3 is 3.00 bits per heavy atom. The van der Waals surface area contributed by atoms with Gasteiger partial charge in [0.1, 0.15) is 5.70 Å². The normalized spacial score (nSPS) is 16.4. The lowest BCUT2D eigenvalue weighted by atomic mass is 10.0. The summed E-state index contributed by atoms with van der Waals surface area (Å²) in [5.41, 5.74) is 4.31. The Hall–Kier alpha value is -2.25. The molecule has 0 saturated carbocycles. The quantitative estimate of drug-likeness (QED) is 0.785. The Balaban J connectivity index is 0.00000182. The molecule has 3 heterocycles. The van der Waals surface area contributed by atoms with E-state index < -0.39 is 0 Å². The molecule has 0 spiro atoms. The van der Waals surface area contributed by atoms with Gasteiger partial charge in [0.25, 0.3) is 5.91 Å². The number of rotatable bonds is 3. The SMILES string of the molecule is O=C1CCc2cc(NC(=O)C3=C(c4ccsc4)SCN3)ccc2N1.[HH]. The molecule has 2 aromatic rings. The molecule has 24 heavy (non-hydrogen) atoms. The van der Waals surface area contributed by atoms with E-state index in [4.69, 9.17) is 0 Å². The van der Waals surface area contributed by atoms with Gasteiger partial charge >= 0.3 is 0 Å². The number of anilines is 2. The van der Waals surface area contributed by atoms with Crippen molar-refractivity contribution in [3.63, 3.8) is 0 Å². The molecule has 0 radical (unpaired) electrons. The number of carbonyl (C=O) groups is 2. The van der Waals surface area contributed by atoms with Crippen LogP contribution < -0.4 is 16.0 Å². The zero-order valence-corrected chi connectivity index (χ0v) is 14.4. The molecule has 3 N–H and O–H groups in total. The van der Waals surface area contributed by atoms with Crippen molar-refractivity contribution in [2.45, 2.75) is 12.8 Å².